The van der Waals surface area contributed by atoms with E-state index in [0.29, 0.717) is 0 Å². The van der Waals surface area contributed by atoms with Crippen LogP contribution in [0, 0.1) is 13.8 Å². The maximum atomic E-state index is 4.61. The average Bonchev–Trinajstić information content (AvgIpc) is 2.56. The molecule has 0 spiro atoms. The fourth-order valence-corrected chi connectivity index (χ4v) is 2.22. The van der Waals surface area contributed by atoms with E-state index >= 15 is 0 Å². The lowest BCUT2D eigenvalue weighted by Gasteiger charge is -2.05. The Balaban J connectivity index is 2.47. The molecule has 0 aliphatic heterocycles. The molecule has 0 saturated carbocycles. The van der Waals surface area contributed by atoms with Crippen LogP contribution in [0.1, 0.15) is 50.1 Å². The summed E-state index contributed by atoms with van der Waals surface area (Å²) in [5, 5.41) is 8.06. The van der Waals surface area contributed by atoms with Crippen molar-refractivity contribution >= 4 is 0 Å². The molecule has 0 radical (unpaired) electrons. The highest BCUT2D eigenvalue weighted by Crippen LogP contribution is 2.15. The fraction of sp³-hybridized carbons (Fsp3) is 0.786. The van der Waals surface area contributed by atoms with Crippen molar-refractivity contribution in [2.24, 2.45) is 0 Å². The van der Waals surface area contributed by atoms with Gasteiger partial charge in [0.05, 0.1) is 5.69 Å². The average molecular weight is 237 g/mol. The van der Waals surface area contributed by atoms with Crippen molar-refractivity contribution in [3.05, 3.63) is 17.0 Å². The van der Waals surface area contributed by atoms with Crippen molar-refractivity contribution in [3.63, 3.8) is 0 Å². The van der Waals surface area contributed by atoms with E-state index in [0.717, 1.165) is 32.5 Å². The van der Waals surface area contributed by atoms with Crippen molar-refractivity contribution in [1.29, 1.82) is 0 Å². The highest BCUT2D eigenvalue weighted by atomic mass is 15.3. The molecule has 1 N–H and O–H groups in total. The lowest BCUT2D eigenvalue weighted by atomic mass is 10.1. The van der Waals surface area contributed by atoms with E-state index in [4.69, 9.17) is 0 Å². The Morgan fingerprint density at radius 2 is 1.88 bits per heavy atom. The van der Waals surface area contributed by atoms with Gasteiger partial charge in [-0.1, -0.05) is 13.8 Å². The van der Waals surface area contributed by atoms with Crippen molar-refractivity contribution in [1.82, 2.24) is 15.1 Å². The molecule has 3 heteroatoms. The van der Waals surface area contributed by atoms with Crippen LogP contribution in [0.3, 0.4) is 0 Å². The first-order valence-corrected chi connectivity index (χ1v) is 6.94. The smallest absolute Gasteiger partial charge is 0.0628 e. The maximum Gasteiger partial charge on any atom is 0.0628 e. The van der Waals surface area contributed by atoms with Crippen LogP contribution >= 0.6 is 0 Å². The van der Waals surface area contributed by atoms with E-state index in [2.05, 4.69) is 42.8 Å². The van der Waals surface area contributed by atoms with E-state index in [9.17, 15) is 0 Å². The molecule has 0 aliphatic carbocycles. The van der Waals surface area contributed by atoms with Crippen molar-refractivity contribution in [3.8, 4) is 0 Å². The second kappa shape index (κ2) is 7.49. The Morgan fingerprint density at radius 1 is 1.12 bits per heavy atom. The molecule has 98 valence electrons. The Labute approximate surface area is 106 Å². The molecular weight excluding hydrogens is 210 g/mol. The van der Waals surface area contributed by atoms with Crippen LogP contribution in [0.15, 0.2) is 0 Å². The first kappa shape index (κ1) is 14.2. The molecule has 1 rings (SSSR count). The van der Waals surface area contributed by atoms with Gasteiger partial charge < -0.3 is 5.32 Å². The zero-order chi connectivity index (χ0) is 12.7. The number of aryl methyl sites for hydroxylation is 2. The molecule has 0 aromatic carbocycles. The Bertz CT molecular complexity index is 328. The van der Waals surface area contributed by atoms with Crippen LogP contribution in [0.2, 0.25) is 0 Å². The van der Waals surface area contributed by atoms with Crippen LogP contribution in [-0.4, -0.2) is 22.9 Å². The highest BCUT2D eigenvalue weighted by molar-refractivity contribution is 5.24. The molecule has 0 bridgehead atoms. The second-order valence-electron chi connectivity index (χ2n) is 4.73. The van der Waals surface area contributed by atoms with Gasteiger partial charge in [-0.05, 0) is 58.2 Å². The van der Waals surface area contributed by atoms with Gasteiger partial charge in [0.1, 0.15) is 0 Å². The molecular formula is C14H27N3. The lowest BCUT2D eigenvalue weighted by Crippen LogP contribution is -2.16. The standard InChI is InChI=1S/C14H27N3/c1-5-9-15-10-7-8-14-12(3)16-17(11-6-2)13(14)4/h15H,5-11H2,1-4H3. The van der Waals surface area contributed by atoms with Gasteiger partial charge in [-0.25, -0.2) is 0 Å². The van der Waals surface area contributed by atoms with Gasteiger partial charge in [-0.15, -0.1) is 0 Å². The van der Waals surface area contributed by atoms with Gasteiger partial charge in [-0.2, -0.15) is 5.10 Å². The second-order valence-corrected chi connectivity index (χ2v) is 4.73. The van der Waals surface area contributed by atoms with Gasteiger partial charge in [0.25, 0.3) is 0 Å². The van der Waals surface area contributed by atoms with Gasteiger partial charge >= 0.3 is 0 Å². The number of nitrogens with one attached hydrogen (secondary N) is 1. The van der Waals surface area contributed by atoms with Crippen molar-refractivity contribution in [2.45, 2.75) is 59.9 Å². The highest BCUT2D eigenvalue weighted by Gasteiger charge is 2.09. The first-order valence-electron chi connectivity index (χ1n) is 6.94. The lowest BCUT2D eigenvalue weighted by molar-refractivity contribution is 0.582. The molecule has 1 aromatic rings. The van der Waals surface area contributed by atoms with Gasteiger partial charge in [0, 0.05) is 12.2 Å². The molecule has 0 unspecified atom stereocenters. The van der Waals surface area contributed by atoms with E-state index in [-0.39, 0.29) is 0 Å². The number of hydrogen-bond acceptors (Lipinski definition) is 2. The molecule has 3 nitrogen and oxygen atoms in total. The molecule has 0 amide bonds. The number of rotatable bonds is 8. The van der Waals surface area contributed by atoms with Crippen LogP contribution in [0.5, 0.6) is 0 Å². The number of hydrogen-bond donors (Lipinski definition) is 1. The van der Waals surface area contributed by atoms with Crippen LogP contribution < -0.4 is 5.32 Å². The van der Waals surface area contributed by atoms with Gasteiger partial charge in [-0.3, -0.25) is 4.68 Å². The quantitative estimate of drug-likeness (QED) is 0.705. The largest absolute Gasteiger partial charge is 0.317 e. The third-order valence-electron chi connectivity index (χ3n) is 3.17. The number of aromatic nitrogens is 2. The molecule has 17 heavy (non-hydrogen) atoms. The molecule has 1 heterocycles. The summed E-state index contributed by atoms with van der Waals surface area (Å²) < 4.78 is 2.16. The third kappa shape index (κ3) is 4.15. The summed E-state index contributed by atoms with van der Waals surface area (Å²) >= 11 is 0. The Morgan fingerprint density at radius 3 is 2.53 bits per heavy atom. The molecule has 0 aliphatic rings. The van der Waals surface area contributed by atoms with E-state index in [1.807, 2.05) is 0 Å². The zero-order valence-corrected chi connectivity index (χ0v) is 11.8. The molecule has 1 aromatic heterocycles. The molecule has 0 fully saturated rings. The van der Waals surface area contributed by atoms with Crippen LogP contribution in [-0.2, 0) is 13.0 Å². The summed E-state index contributed by atoms with van der Waals surface area (Å²) in [5.74, 6) is 0. The predicted molar refractivity (Wildman–Crippen MR) is 73.5 cm³/mol. The number of nitrogens with zero attached hydrogens (tertiary/aromatic N) is 2. The van der Waals surface area contributed by atoms with E-state index in [1.54, 1.807) is 0 Å². The molecule has 0 saturated heterocycles. The first-order chi connectivity index (χ1) is 8.20. The van der Waals surface area contributed by atoms with Crippen molar-refractivity contribution in [2.75, 3.05) is 13.1 Å². The van der Waals surface area contributed by atoms with Gasteiger partial charge in [0.15, 0.2) is 0 Å². The normalized spacial score (nSPS) is 11.1. The third-order valence-corrected chi connectivity index (χ3v) is 3.17. The predicted octanol–water partition coefficient (Wildman–Crippen LogP) is 2.84. The summed E-state index contributed by atoms with van der Waals surface area (Å²) in [6.45, 7) is 12.0. The Kier molecular flexibility index (Phi) is 6.27. The summed E-state index contributed by atoms with van der Waals surface area (Å²) in [7, 11) is 0. The minimum Gasteiger partial charge on any atom is -0.317 e. The van der Waals surface area contributed by atoms with E-state index < -0.39 is 0 Å². The summed E-state index contributed by atoms with van der Waals surface area (Å²) in [4.78, 5) is 0. The van der Waals surface area contributed by atoms with Crippen LogP contribution in [0.4, 0.5) is 0 Å². The van der Waals surface area contributed by atoms with Crippen LogP contribution in [0.25, 0.3) is 0 Å². The maximum absolute atomic E-state index is 4.61. The summed E-state index contributed by atoms with van der Waals surface area (Å²) in [6, 6.07) is 0. The fourth-order valence-electron chi connectivity index (χ4n) is 2.22. The summed E-state index contributed by atoms with van der Waals surface area (Å²) in [5.41, 5.74) is 4.03. The topological polar surface area (TPSA) is 29.9 Å². The minimum atomic E-state index is 1.04. The monoisotopic (exact) mass is 237 g/mol. The van der Waals surface area contributed by atoms with E-state index in [1.165, 1.54) is 29.8 Å². The Hall–Kier alpha value is -0.830. The molecule has 0 atom stereocenters. The van der Waals surface area contributed by atoms with Gasteiger partial charge in [0.2, 0.25) is 0 Å². The van der Waals surface area contributed by atoms with Crippen molar-refractivity contribution < 1.29 is 0 Å². The minimum absolute atomic E-state index is 1.04. The SMILES string of the molecule is CCCNCCCc1c(C)nn(CCC)c1C. The summed E-state index contributed by atoms with van der Waals surface area (Å²) in [6.07, 6.45) is 4.73. The zero-order valence-electron chi connectivity index (χ0n) is 11.8.